The lowest BCUT2D eigenvalue weighted by atomic mass is 9.82. The molecular formula is C35H51N5O6S2. The maximum Gasteiger partial charge on any atom is 0.243 e. The molecule has 1 fully saturated rings. The lowest BCUT2D eigenvalue weighted by molar-refractivity contribution is -0.132. The van der Waals surface area contributed by atoms with Gasteiger partial charge in [0.25, 0.3) is 0 Å². The number of nitrogens with one attached hydrogen (secondary N) is 3. The van der Waals surface area contributed by atoms with E-state index in [1.54, 1.807) is 33.2 Å². The van der Waals surface area contributed by atoms with Gasteiger partial charge in [0, 0.05) is 35.1 Å². The molecule has 1 unspecified atom stereocenters. The first-order valence-electron chi connectivity index (χ1n) is 16.9. The molecule has 5 atom stereocenters. The second-order valence-electron chi connectivity index (χ2n) is 14.0. The molecule has 0 spiro atoms. The number of amides is 2. The number of carbonyl (C=O) groups is 2. The number of sulfone groups is 1. The van der Waals surface area contributed by atoms with Gasteiger partial charge in [0.05, 0.1) is 34.9 Å². The molecule has 48 heavy (non-hydrogen) atoms. The molecule has 2 amide bonds. The molecule has 5 N–H and O–H groups in total. The number of aliphatic hydroxyl groups is 2. The number of aliphatic hydroxyl groups excluding tert-OH is 2. The molecule has 11 nitrogen and oxygen atoms in total. The van der Waals surface area contributed by atoms with Crippen molar-refractivity contribution in [1.82, 2.24) is 25.6 Å². The van der Waals surface area contributed by atoms with Crippen molar-refractivity contribution < 1.29 is 28.2 Å². The molecule has 3 aromatic heterocycles. The van der Waals surface area contributed by atoms with Crippen LogP contribution in [0.4, 0.5) is 0 Å². The van der Waals surface area contributed by atoms with Gasteiger partial charge in [0.1, 0.15) is 12.1 Å². The van der Waals surface area contributed by atoms with Crippen LogP contribution in [0.1, 0.15) is 82.0 Å². The Morgan fingerprint density at radius 2 is 1.81 bits per heavy atom. The summed E-state index contributed by atoms with van der Waals surface area (Å²) in [5.41, 5.74) is 1.40. The van der Waals surface area contributed by atoms with Crippen molar-refractivity contribution in [3.8, 4) is 0 Å². The fourth-order valence-electron chi connectivity index (χ4n) is 6.16. The van der Waals surface area contributed by atoms with Crippen LogP contribution in [0.25, 0.3) is 0 Å². The average molecular weight is 702 g/mol. The zero-order valence-electron chi connectivity index (χ0n) is 28.2. The second-order valence-corrected chi connectivity index (χ2v) is 17.8. The SMILES string of the molecule is CC(C)(C)S(=O)(=O)C[C@@H](Cc1cccs1)C(=O)NC(Cc1cnc[nH]1)C(=O)N[C@@H](CC1CCCCC1)[C@@H](O)[C@@H](O)CCc1ccccn1. The fourth-order valence-corrected chi connectivity index (χ4v) is 8.24. The minimum atomic E-state index is -3.67. The minimum Gasteiger partial charge on any atom is -0.390 e. The summed E-state index contributed by atoms with van der Waals surface area (Å²) in [6, 6.07) is 7.41. The highest BCUT2D eigenvalue weighted by Crippen LogP contribution is 2.29. The monoisotopic (exact) mass is 701 g/mol. The highest BCUT2D eigenvalue weighted by Gasteiger charge is 2.37. The van der Waals surface area contributed by atoms with E-state index in [1.807, 2.05) is 35.7 Å². The molecule has 1 aliphatic carbocycles. The van der Waals surface area contributed by atoms with Crippen molar-refractivity contribution >= 4 is 33.0 Å². The molecule has 0 saturated heterocycles. The van der Waals surface area contributed by atoms with Crippen LogP contribution >= 0.6 is 11.3 Å². The summed E-state index contributed by atoms with van der Waals surface area (Å²) < 4.78 is 25.5. The Morgan fingerprint density at radius 1 is 1.04 bits per heavy atom. The number of carbonyl (C=O) groups excluding carboxylic acids is 2. The number of aryl methyl sites for hydroxylation is 1. The molecule has 3 aromatic rings. The van der Waals surface area contributed by atoms with Gasteiger partial charge >= 0.3 is 0 Å². The minimum absolute atomic E-state index is 0.0732. The molecule has 0 aromatic carbocycles. The maximum atomic E-state index is 14.1. The van der Waals surface area contributed by atoms with E-state index in [1.165, 1.54) is 17.7 Å². The van der Waals surface area contributed by atoms with Crippen LogP contribution in [-0.2, 0) is 38.7 Å². The predicted molar refractivity (Wildman–Crippen MR) is 187 cm³/mol. The van der Waals surface area contributed by atoms with Crippen molar-refractivity contribution in [3.63, 3.8) is 0 Å². The van der Waals surface area contributed by atoms with E-state index in [-0.39, 0.29) is 30.9 Å². The molecule has 0 aliphatic heterocycles. The Morgan fingerprint density at radius 3 is 2.44 bits per heavy atom. The van der Waals surface area contributed by atoms with Crippen molar-refractivity contribution in [2.24, 2.45) is 11.8 Å². The standard InChI is InChI=1S/C35H51N5O6S2/c1-35(2,3)48(45,46)22-25(19-28-13-9-17-47-28)33(43)40-30(20-27-21-36-23-38-27)34(44)39-29(18-24-10-5-4-6-11-24)32(42)31(41)15-14-26-12-7-8-16-37-26/h7-9,12-13,16-17,21,23-25,29-32,41-42H,4-6,10-11,14-15,18-20,22H2,1-3H3,(H,36,38)(H,39,44)(H,40,43)/t25-,29+,30?,31+,32-/m1/s1. The molecule has 1 aliphatic rings. The molecule has 0 radical (unpaired) electrons. The zero-order valence-corrected chi connectivity index (χ0v) is 29.8. The molecule has 264 valence electrons. The van der Waals surface area contributed by atoms with Crippen LogP contribution in [0.2, 0.25) is 0 Å². The Balaban J connectivity index is 1.54. The number of hydrogen-bond acceptors (Lipinski definition) is 9. The molecule has 0 bridgehead atoms. The van der Waals surface area contributed by atoms with Gasteiger partial charge in [-0.25, -0.2) is 13.4 Å². The zero-order chi connectivity index (χ0) is 34.7. The van der Waals surface area contributed by atoms with E-state index in [9.17, 15) is 28.2 Å². The first kappa shape index (κ1) is 37.7. The summed E-state index contributed by atoms with van der Waals surface area (Å²) in [7, 11) is -3.67. The van der Waals surface area contributed by atoms with E-state index in [0.29, 0.717) is 18.5 Å². The highest BCUT2D eigenvalue weighted by molar-refractivity contribution is 7.92. The lowest BCUT2D eigenvalue weighted by Crippen LogP contribution is -2.56. The van der Waals surface area contributed by atoms with Crippen LogP contribution in [0.15, 0.2) is 54.4 Å². The lowest BCUT2D eigenvalue weighted by Gasteiger charge is -2.33. The van der Waals surface area contributed by atoms with E-state index >= 15 is 0 Å². The molecule has 13 heteroatoms. The molecule has 3 heterocycles. The van der Waals surface area contributed by atoms with Gasteiger partial charge in [0.2, 0.25) is 11.8 Å². The number of H-pyrrole nitrogens is 1. The summed E-state index contributed by atoms with van der Waals surface area (Å²) in [6.45, 7) is 4.83. The number of aromatic nitrogens is 3. The van der Waals surface area contributed by atoms with Crippen molar-refractivity contribution in [2.75, 3.05) is 5.75 Å². The smallest absolute Gasteiger partial charge is 0.243 e. The molecule has 1 saturated carbocycles. The maximum absolute atomic E-state index is 14.1. The third-order valence-electron chi connectivity index (χ3n) is 9.23. The Hall–Kier alpha value is -3.13. The van der Waals surface area contributed by atoms with Crippen LogP contribution in [-0.4, -0.2) is 80.2 Å². The summed E-state index contributed by atoms with van der Waals surface area (Å²) in [5.74, 6) is -2.09. The van der Waals surface area contributed by atoms with Crippen LogP contribution in [0.5, 0.6) is 0 Å². The van der Waals surface area contributed by atoms with Gasteiger partial charge in [-0.05, 0) is 76.0 Å². The second kappa shape index (κ2) is 17.5. The fraction of sp³-hybridized carbons (Fsp3) is 0.600. The number of thiophene rings is 1. The number of nitrogens with zero attached hydrogens (tertiary/aromatic N) is 2. The summed E-state index contributed by atoms with van der Waals surface area (Å²) in [5, 5.41) is 30.2. The average Bonchev–Trinajstić information content (AvgIpc) is 3.77. The number of rotatable bonds is 17. The number of pyridine rings is 1. The van der Waals surface area contributed by atoms with Crippen molar-refractivity contribution in [1.29, 1.82) is 0 Å². The molecule has 4 rings (SSSR count). The van der Waals surface area contributed by atoms with E-state index in [0.717, 1.165) is 42.7 Å². The summed E-state index contributed by atoms with van der Waals surface area (Å²) >= 11 is 1.44. The van der Waals surface area contributed by atoms with Crippen molar-refractivity contribution in [3.05, 3.63) is 70.7 Å². The first-order chi connectivity index (χ1) is 22.8. The Kier molecular flexibility index (Phi) is 13.7. The largest absolute Gasteiger partial charge is 0.390 e. The van der Waals surface area contributed by atoms with Crippen molar-refractivity contribution in [2.45, 2.75) is 114 Å². The van der Waals surface area contributed by atoms with Crippen LogP contribution < -0.4 is 10.6 Å². The van der Waals surface area contributed by atoms with Gasteiger partial charge < -0.3 is 25.8 Å². The number of hydrogen-bond donors (Lipinski definition) is 5. The van der Waals surface area contributed by atoms with Gasteiger partial charge in [-0.1, -0.05) is 44.2 Å². The summed E-state index contributed by atoms with van der Waals surface area (Å²) in [6.07, 6.45) is 9.12. The summed E-state index contributed by atoms with van der Waals surface area (Å²) in [4.78, 5) is 40.2. The normalized spacial score (nSPS) is 17.6. The van der Waals surface area contributed by atoms with Crippen LogP contribution in [0.3, 0.4) is 0 Å². The van der Waals surface area contributed by atoms with E-state index in [2.05, 4.69) is 25.6 Å². The van der Waals surface area contributed by atoms with E-state index < -0.39 is 56.6 Å². The Bertz CT molecular complexity index is 1500. The third kappa shape index (κ3) is 11.2. The quantitative estimate of drug-likeness (QED) is 0.141. The Labute approximate surface area is 288 Å². The van der Waals surface area contributed by atoms with E-state index in [4.69, 9.17) is 0 Å². The number of aromatic amines is 1. The third-order valence-corrected chi connectivity index (χ3v) is 12.8. The predicted octanol–water partition coefficient (Wildman–Crippen LogP) is 3.78. The topological polar surface area (TPSA) is 174 Å². The van der Waals surface area contributed by atoms with Gasteiger partial charge in [0.15, 0.2) is 9.84 Å². The van der Waals surface area contributed by atoms with Gasteiger partial charge in [-0.15, -0.1) is 11.3 Å². The number of imidazole rings is 1. The first-order valence-corrected chi connectivity index (χ1v) is 19.4. The molecular weight excluding hydrogens is 651 g/mol. The van der Waals surface area contributed by atoms with Gasteiger partial charge in [-0.2, -0.15) is 0 Å². The highest BCUT2D eigenvalue weighted by atomic mass is 32.2. The van der Waals surface area contributed by atoms with Gasteiger partial charge in [-0.3, -0.25) is 14.6 Å². The van der Waals surface area contributed by atoms with Crippen LogP contribution in [0, 0.1) is 11.8 Å².